The van der Waals surface area contributed by atoms with Crippen LogP contribution in [0, 0.1) is 10.1 Å². The fourth-order valence-corrected chi connectivity index (χ4v) is 3.72. The number of benzene rings is 3. The highest BCUT2D eigenvalue weighted by Crippen LogP contribution is 2.29. The molecule has 8 heteroatoms. The van der Waals surface area contributed by atoms with Crippen molar-refractivity contribution in [3.05, 3.63) is 76.3 Å². The molecule has 31 heavy (non-hydrogen) atoms. The highest BCUT2D eigenvalue weighted by molar-refractivity contribution is 5.84. The van der Waals surface area contributed by atoms with Crippen LogP contribution in [0.15, 0.2) is 60.7 Å². The molecular weight excluding hydrogens is 398 g/mol. The van der Waals surface area contributed by atoms with Crippen LogP contribution in [0.2, 0.25) is 0 Å². The van der Waals surface area contributed by atoms with E-state index in [1.165, 1.54) is 6.07 Å². The molecule has 0 saturated carbocycles. The molecule has 158 valence electrons. The van der Waals surface area contributed by atoms with Crippen LogP contribution in [0.3, 0.4) is 0 Å². The van der Waals surface area contributed by atoms with Crippen molar-refractivity contribution in [2.24, 2.45) is 0 Å². The molecule has 0 bridgehead atoms. The molecule has 3 aromatic carbocycles. The number of amides is 1. The number of hydrogen-bond acceptors (Lipinski definition) is 6. The Morgan fingerprint density at radius 3 is 2.45 bits per heavy atom. The van der Waals surface area contributed by atoms with E-state index in [1.807, 2.05) is 47.4 Å². The first-order valence-electron chi connectivity index (χ1n) is 9.93. The van der Waals surface area contributed by atoms with Crippen LogP contribution in [-0.2, 0) is 4.79 Å². The maximum Gasteiger partial charge on any atom is 0.293 e. The number of piperazine rings is 1. The minimum atomic E-state index is -0.489. The second-order valence-corrected chi connectivity index (χ2v) is 7.29. The number of hydrogen-bond donors (Lipinski definition) is 0. The number of rotatable bonds is 6. The van der Waals surface area contributed by atoms with Crippen LogP contribution in [0.25, 0.3) is 10.8 Å². The lowest BCUT2D eigenvalue weighted by Crippen LogP contribution is -2.50. The van der Waals surface area contributed by atoms with Gasteiger partial charge in [0, 0.05) is 37.8 Å². The fourth-order valence-electron chi connectivity index (χ4n) is 3.72. The third-order valence-corrected chi connectivity index (χ3v) is 5.39. The molecule has 1 saturated heterocycles. The van der Waals surface area contributed by atoms with Crippen LogP contribution in [0.1, 0.15) is 10.4 Å². The summed E-state index contributed by atoms with van der Waals surface area (Å²) in [5.41, 5.74) is 0.606. The Morgan fingerprint density at radius 1 is 1.00 bits per heavy atom. The van der Waals surface area contributed by atoms with Crippen molar-refractivity contribution in [3.63, 3.8) is 0 Å². The minimum absolute atomic E-state index is 0.0630. The Balaban J connectivity index is 1.35. The number of anilines is 1. The molecule has 1 heterocycles. The average Bonchev–Trinajstić information content (AvgIpc) is 2.82. The lowest BCUT2D eigenvalue weighted by Gasteiger charge is -2.35. The van der Waals surface area contributed by atoms with E-state index in [2.05, 4.69) is 0 Å². The summed E-state index contributed by atoms with van der Waals surface area (Å²) in [5.74, 6) is 0.509. The Bertz CT molecular complexity index is 1140. The summed E-state index contributed by atoms with van der Waals surface area (Å²) in [6.45, 7) is 1.73. The minimum Gasteiger partial charge on any atom is -0.484 e. The Kier molecular flexibility index (Phi) is 5.79. The summed E-state index contributed by atoms with van der Waals surface area (Å²) in [7, 11) is 0. The van der Waals surface area contributed by atoms with E-state index < -0.39 is 4.92 Å². The molecule has 3 aromatic rings. The summed E-state index contributed by atoms with van der Waals surface area (Å²) >= 11 is 0. The van der Waals surface area contributed by atoms with Crippen molar-refractivity contribution in [3.8, 4) is 5.75 Å². The van der Waals surface area contributed by atoms with Gasteiger partial charge < -0.3 is 14.5 Å². The van der Waals surface area contributed by atoms with Gasteiger partial charge in [0.15, 0.2) is 6.61 Å². The van der Waals surface area contributed by atoms with Crippen molar-refractivity contribution < 1.29 is 19.2 Å². The zero-order chi connectivity index (χ0) is 21.8. The fraction of sp³-hybridized carbons (Fsp3) is 0.217. The van der Waals surface area contributed by atoms with E-state index in [0.29, 0.717) is 43.9 Å². The van der Waals surface area contributed by atoms with E-state index in [1.54, 1.807) is 17.0 Å². The smallest absolute Gasteiger partial charge is 0.293 e. The Labute approximate surface area is 178 Å². The first-order valence-corrected chi connectivity index (χ1v) is 9.93. The second-order valence-electron chi connectivity index (χ2n) is 7.29. The zero-order valence-electron chi connectivity index (χ0n) is 16.8. The van der Waals surface area contributed by atoms with Crippen LogP contribution < -0.4 is 9.64 Å². The van der Waals surface area contributed by atoms with E-state index >= 15 is 0 Å². The summed E-state index contributed by atoms with van der Waals surface area (Å²) in [5, 5.41) is 13.5. The number of nitro groups is 1. The molecule has 0 atom stereocenters. The van der Waals surface area contributed by atoms with Gasteiger partial charge in [-0.05, 0) is 35.0 Å². The predicted octanol–water partition coefficient (Wildman–Crippen LogP) is 3.29. The lowest BCUT2D eigenvalue weighted by atomic mass is 10.1. The van der Waals surface area contributed by atoms with Crippen LogP contribution in [0.5, 0.6) is 5.75 Å². The third-order valence-electron chi connectivity index (χ3n) is 5.39. The summed E-state index contributed by atoms with van der Waals surface area (Å²) < 4.78 is 5.69. The molecular formula is C23H21N3O5. The van der Waals surface area contributed by atoms with E-state index in [-0.39, 0.29) is 23.8 Å². The molecule has 0 radical (unpaired) electrons. The number of carbonyl (C=O) groups excluding carboxylic acids is 2. The van der Waals surface area contributed by atoms with Gasteiger partial charge in [-0.1, -0.05) is 30.3 Å². The highest BCUT2D eigenvalue weighted by atomic mass is 16.6. The third kappa shape index (κ3) is 4.48. The van der Waals surface area contributed by atoms with Gasteiger partial charge in [0.05, 0.1) is 4.92 Å². The molecule has 0 unspecified atom stereocenters. The molecule has 0 N–H and O–H groups in total. The van der Waals surface area contributed by atoms with Crippen molar-refractivity contribution in [2.75, 3.05) is 37.7 Å². The topological polar surface area (TPSA) is 93.0 Å². The monoisotopic (exact) mass is 419 g/mol. The van der Waals surface area contributed by atoms with Gasteiger partial charge in [-0.25, -0.2) is 0 Å². The van der Waals surface area contributed by atoms with E-state index in [0.717, 1.165) is 10.8 Å². The quantitative estimate of drug-likeness (QED) is 0.346. The van der Waals surface area contributed by atoms with Crippen LogP contribution in [0.4, 0.5) is 11.4 Å². The van der Waals surface area contributed by atoms with Crippen molar-refractivity contribution >= 4 is 34.3 Å². The normalized spacial score (nSPS) is 13.8. The van der Waals surface area contributed by atoms with Gasteiger partial charge in [0.2, 0.25) is 0 Å². The summed E-state index contributed by atoms with van der Waals surface area (Å²) in [6, 6.07) is 18.0. The number of ether oxygens (including phenoxy) is 1. The van der Waals surface area contributed by atoms with E-state index in [4.69, 9.17) is 4.74 Å². The molecule has 0 aromatic heterocycles. The van der Waals surface area contributed by atoms with Crippen molar-refractivity contribution in [1.82, 2.24) is 4.90 Å². The van der Waals surface area contributed by atoms with Crippen LogP contribution in [-0.4, -0.2) is 54.8 Å². The largest absolute Gasteiger partial charge is 0.484 e. The molecule has 0 spiro atoms. The molecule has 0 aliphatic carbocycles. The molecule has 1 fully saturated rings. The van der Waals surface area contributed by atoms with Crippen molar-refractivity contribution in [1.29, 1.82) is 0 Å². The first-order chi connectivity index (χ1) is 15.0. The number of aldehydes is 1. The molecule has 1 aliphatic rings. The standard InChI is InChI=1S/C23H21N3O5/c27-15-17-5-8-21(22(13-17)26(29)30)24-9-11-25(12-10-24)23(28)16-31-20-7-6-18-3-1-2-4-19(18)14-20/h1-8,13-15H,9-12,16H2. The van der Waals surface area contributed by atoms with Gasteiger partial charge in [-0.15, -0.1) is 0 Å². The summed E-state index contributed by atoms with van der Waals surface area (Å²) in [4.78, 5) is 38.0. The zero-order valence-corrected chi connectivity index (χ0v) is 16.8. The number of nitrogens with zero attached hydrogens (tertiary/aromatic N) is 3. The second kappa shape index (κ2) is 8.83. The average molecular weight is 419 g/mol. The number of nitro benzene ring substituents is 1. The van der Waals surface area contributed by atoms with Gasteiger partial charge in [-0.3, -0.25) is 19.7 Å². The molecule has 1 amide bonds. The predicted molar refractivity (Wildman–Crippen MR) is 117 cm³/mol. The molecule has 8 nitrogen and oxygen atoms in total. The maximum atomic E-state index is 12.6. The van der Waals surface area contributed by atoms with E-state index in [9.17, 15) is 19.7 Å². The number of carbonyl (C=O) groups is 2. The SMILES string of the molecule is O=Cc1ccc(N2CCN(C(=O)COc3ccc4ccccc4c3)CC2)c([N+](=O)[O-])c1. The van der Waals surface area contributed by atoms with Gasteiger partial charge in [0.25, 0.3) is 11.6 Å². The van der Waals surface area contributed by atoms with Gasteiger partial charge >= 0.3 is 0 Å². The maximum absolute atomic E-state index is 12.6. The first kappa shape index (κ1) is 20.3. The highest BCUT2D eigenvalue weighted by Gasteiger charge is 2.26. The molecule has 1 aliphatic heterocycles. The molecule has 4 rings (SSSR count). The number of fused-ring (bicyclic) bond motifs is 1. The Hall–Kier alpha value is -3.94. The van der Waals surface area contributed by atoms with Crippen LogP contribution >= 0.6 is 0 Å². The lowest BCUT2D eigenvalue weighted by molar-refractivity contribution is -0.384. The van der Waals surface area contributed by atoms with Gasteiger partial charge in [0.1, 0.15) is 17.7 Å². The van der Waals surface area contributed by atoms with Crippen molar-refractivity contribution in [2.45, 2.75) is 0 Å². The van der Waals surface area contributed by atoms with Gasteiger partial charge in [-0.2, -0.15) is 0 Å². The summed E-state index contributed by atoms with van der Waals surface area (Å²) in [6.07, 6.45) is 0.586. The Morgan fingerprint density at radius 2 is 1.74 bits per heavy atom.